The fraction of sp³-hybridized carbons (Fsp3) is 0.778. The summed E-state index contributed by atoms with van der Waals surface area (Å²) in [7, 11) is 0. The molecule has 5 rings (SSSR count). The quantitative estimate of drug-likeness (QED) is 0.506. The van der Waals surface area contributed by atoms with Crippen LogP contribution < -0.4 is 0 Å². The number of hydrogen-bond acceptors (Lipinski definition) is 3. The van der Waals surface area contributed by atoms with Crippen molar-refractivity contribution in [2.45, 2.75) is 85.7 Å². The van der Waals surface area contributed by atoms with Crippen molar-refractivity contribution in [1.29, 1.82) is 0 Å². The molecule has 8 atom stereocenters. The van der Waals surface area contributed by atoms with E-state index in [2.05, 4.69) is 47.6 Å². The average molecular weight is 411 g/mol. The highest BCUT2D eigenvalue weighted by molar-refractivity contribution is 5.95. The Labute approximate surface area is 181 Å². The van der Waals surface area contributed by atoms with Crippen LogP contribution in [0.2, 0.25) is 0 Å². The number of hydrogen-bond donors (Lipinski definition) is 0. The maximum atomic E-state index is 12.7. The van der Waals surface area contributed by atoms with Gasteiger partial charge >= 0.3 is 5.97 Å². The van der Waals surface area contributed by atoms with E-state index in [4.69, 9.17) is 4.74 Å². The highest BCUT2D eigenvalue weighted by Crippen LogP contribution is 2.75. The number of carbonyl (C=O) groups excluding carboxylic acids is 2. The topological polar surface area (TPSA) is 43.4 Å². The molecule has 0 amide bonds. The van der Waals surface area contributed by atoms with Crippen LogP contribution in [0.15, 0.2) is 24.3 Å². The number of ether oxygens (including phenoxy) is 1. The first kappa shape index (κ1) is 20.5. The zero-order chi connectivity index (χ0) is 21.7. The van der Waals surface area contributed by atoms with Crippen LogP contribution in [0.4, 0.5) is 0 Å². The van der Waals surface area contributed by atoms with Gasteiger partial charge in [-0.3, -0.25) is 4.79 Å². The summed E-state index contributed by atoms with van der Waals surface area (Å²) in [6.07, 6.45) is 14.9. The average Bonchev–Trinajstić information content (AvgIpc) is 3.20. The Morgan fingerprint density at radius 1 is 0.767 bits per heavy atom. The number of allylic oxidation sites excluding steroid dienone is 2. The molecule has 4 aliphatic carbocycles. The van der Waals surface area contributed by atoms with Crippen molar-refractivity contribution in [3.63, 3.8) is 0 Å². The number of esters is 1. The lowest BCUT2D eigenvalue weighted by atomic mass is 9.36. The van der Waals surface area contributed by atoms with Gasteiger partial charge in [-0.05, 0) is 91.6 Å². The van der Waals surface area contributed by atoms with E-state index in [-0.39, 0.29) is 27.6 Å². The Morgan fingerprint density at radius 2 is 1.47 bits per heavy atom. The van der Waals surface area contributed by atoms with Crippen LogP contribution in [-0.2, 0) is 14.3 Å². The molecule has 164 valence electrons. The van der Waals surface area contributed by atoms with Crippen LogP contribution in [0.5, 0.6) is 0 Å². The van der Waals surface area contributed by atoms with E-state index in [1.165, 1.54) is 25.7 Å². The van der Waals surface area contributed by atoms with Crippen molar-refractivity contribution >= 4 is 11.8 Å². The van der Waals surface area contributed by atoms with Gasteiger partial charge in [-0.25, -0.2) is 4.79 Å². The van der Waals surface area contributed by atoms with Gasteiger partial charge in [0, 0.05) is 17.4 Å². The number of rotatable bonds is 1. The summed E-state index contributed by atoms with van der Waals surface area (Å²) in [5.74, 6) is 2.14. The van der Waals surface area contributed by atoms with Crippen LogP contribution in [0.1, 0.15) is 80.1 Å². The Hall–Kier alpha value is -1.38. The van der Waals surface area contributed by atoms with Crippen LogP contribution in [0.25, 0.3) is 0 Å². The number of cyclic esters (lactones) is 1. The first-order chi connectivity index (χ1) is 13.9. The molecule has 3 nitrogen and oxygen atoms in total. The van der Waals surface area contributed by atoms with Crippen molar-refractivity contribution in [3.05, 3.63) is 24.3 Å². The van der Waals surface area contributed by atoms with E-state index in [1.54, 1.807) is 6.08 Å². The van der Waals surface area contributed by atoms with Crippen molar-refractivity contribution < 1.29 is 14.3 Å². The normalized spacial score (nSPS) is 53.8. The predicted molar refractivity (Wildman–Crippen MR) is 118 cm³/mol. The summed E-state index contributed by atoms with van der Waals surface area (Å²) in [6, 6.07) is 0. The van der Waals surface area contributed by atoms with E-state index in [0.717, 1.165) is 12.8 Å². The van der Waals surface area contributed by atoms with Gasteiger partial charge in [-0.2, -0.15) is 0 Å². The van der Waals surface area contributed by atoms with Crippen LogP contribution >= 0.6 is 0 Å². The van der Waals surface area contributed by atoms with Crippen LogP contribution in [-0.4, -0.2) is 17.4 Å². The minimum atomic E-state index is -0.442. The molecule has 1 aliphatic heterocycles. The van der Waals surface area contributed by atoms with Gasteiger partial charge in [-0.15, -0.1) is 0 Å². The summed E-state index contributed by atoms with van der Waals surface area (Å²) < 4.78 is 5.84. The molecule has 30 heavy (non-hydrogen) atoms. The Kier molecular flexibility index (Phi) is 4.03. The summed E-state index contributed by atoms with van der Waals surface area (Å²) in [4.78, 5) is 24.6. The third-order valence-corrected chi connectivity index (χ3v) is 11.3. The molecule has 3 heteroatoms. The molecule has 0 unspecified atom stereocenters. The molecule has 0 N–H and O–H groups in total. The van der Waals surface area contributed by atoms with E-state index in [9.17, 15) is 9.59 Å². The molecule has 0 aromatic heterocycles. The predicted octanol–water partition coefficient (Wildman–Crippen LogP) is 5.89. The molecule has 5 aliphatic rings. The fourth-order valence-corrected chi connectivity index (χ4v) is 9.45. The molecule has 0 bridgehead atoms. The molecular formula is C27H38O3. The highest BCUT2D eigenvalue weighted by Gasteiger charge is 2.69. The lowest BCUT2D eigenvalue weighted by Crippen LogP contribution is -2.62. The summed E-state index contributed by atoms with van der Waals surface area (Å²) in [5, 5.41) is 0. The van der Waals surface area contributed by atoms with E-state index >= 15 is 0 Å². The monoisotopic (exact) mass is 410 g/mol. The Balaban J connectivity index is 1.53. The van der Waals surface area contributed by atoms with Gasteiger partial charge in [-0.1, -0.05) is 40.7 Å². The molecule has 0 aromatic rings. The van der Waals surface area contributed by atoms with Crippen molar-refractivity contribution in [2.24, 2.45) is 45.3 Å². The number of fused-ring (bicyclic) bond motifs is 5. The zero-order valence-electron chi connectivity index (χ0n) is 19.6. The molecule has 0 radical (unpaired) electrons. The summed E-state index contributed by atoms with van der Waals surface area (Å²) in [6.45, 7) is 14.0. The van der Waals surface area contributed by atoms with Crippen LogP contribution in [0.3, 0.4) is 0 Å². The molecule has 0 aromatic carbocycles. The van der Waals surface area contributed by atoms with Crippen molar-refractivity contribution in [2.75, 3.05) is 0 Å². The van der Waals surface area contributed by atoms with E-state index in [0.29, 0.717) is 29.5 Å². The Bertz CT molecular complexity index is 867. The highest BCUT2D eigenvalue weighted by atomic mass is 16.6. The zero-order valence-corrected chi connectivity index (χ0v) is 19.6. The first-order valence-corrected chi connectivity index (χ1v) is 12.0. The molecular weight excluding hydrogens is 372 g/mol. The maximum Gasteiger partial charge on any atom is 0.331 e. The van der Waals surface area contributed by atoms with Gasteiger partial charge in [0.15, 0.2) is 5.78 Å². The molecule has 0 saturated heterocycles. The van der Waals surface area contributed by atoms with Crippen molar-refractivity contribution in [3.8, 4) is 0 Å². The summed E-state index contributed by atoms with van der Waals surface area (Å²) in [5.41, 5.74) is -0.126. The van der Waals surface area contributed by atoms with Gasteiger partial charge in [0.25, 0.3) is 0 Å². The van der Waals surface area contributed by atoms with Gasteiger partial charge in [0.1, 0.15) is 5.60 Å². The van der Waals surface area contributed by atoms with E-state index < -0.39 is 5.60 Å². The van der Waals surface area contributed by atoms with Crippen LogP contribution in [0, 0.1) is 45.3 Å². The number of ketones is 1. The molecule has 3 fully saturated rings. The molecule has 3 saturated carbocycles. The Morgan fingerprint density at radius 3 is 2.13 bits per heavy atom. The van der Waals surface area contributed by atoms with Gasteiger partial charge in [0.2, 0.25) is 0 Å². The first-order valence-electron chi connectivity index (χ1n) is 12.0. The smallest absolute Gasteiger partial charge is 0.331 e. The minimum absolute atomic E-state index is 0.0834. The second kappa shape index (κ2) is 5.90. The molecule has 1 heterocycles. The number of carbonyl (C=O) groups is 2. The van der Waals surface area contributed by atoms with Crippen molar-refractivity contribution in [1.82, 2.24) is 0 Å². The maximum absolute atomic E-state index is 12.7. The second-order valence-corrected chi connectivity index (χ2v) is 12.5. The summed E-state index contributed by atoms with van der Waals surface area (Å²) >= 11 is 0. The third kappa shape index (κ3) is 2.28. The van der Waals surface area contributed by atoms with Gasteiger partial charge < -0.3 is 4.74 Å². The molecule has 0 spiro atoms. The second-order valence-electron chi connectivity index (χ2n) is 12.5. The SMILES string of the molecule is CC1(C)C(=O)C=C[C@]2(C)[C@H]3CC[C@@H]4[C@@H]([C@]5(C)C=CC(=O)O5)CC[C@@]4(C)[C@]3(C)CC[C@@H]12. The largest absolute Gasteiger partial charge is 0.452 e. The fourth-order valence-electron chi connectivity index (χ4n) is 9.45. The minimum Gasteiger partial charge on any atom is -0.452 e. The lowest BCUT2D eigenvalue weighted by molar-refractivity contribution is -0.185. The van der Waals surface area contributed by atoms with E-state index in [1.807, 2.05) is 12.2 Å². The third-order valence-electron chi connectivity index (χ3n) is 11.3. The standard InChI is InChI=1S/C27H38O3/c1-23(2)19-10-15-26(5)20(24(19,3)13-11-21(23)28)8-7-17-18(9-14-25(17,26)4)27(6)16-12-22(29)30-27/h11-13,16-20H,7-10,14-15H2,1-6H3/t17-,18+,19+,20-,24+,25-,26-,27+/m1/s1. The lowest BCUT2D eigenvalue weighted by Gasteiger charge is -2.68. The van der Waals surface area contributed by atoms with Gasteiger partial charge in [0.05, 0.1) is 0 Å².